The van der Waals surface area contributed by atoms with Crippen molar-refractivity contribution in [3.8, 4) is 11.5 Å². The molecule has 7 heteroatoms. The normalized spacial score (nSPS) is 32.3. The van der Waals surface area contributed by atoms with E-state index in [2.05, 4.69) is 6.92 Å². The molecule has 3 N–H and O–H groups in total. The summed E-state index contributed by atoms with van der Waals surface area (Å²) in [5.74, 6) is 2.42. The topological polar surface area (TPSA) is 98.9 Å². The van der Waals surface area contributed by atoms with Crippen LogP contribution in [0, 0.1) is 17.3 Å². The molecule has 6 nitrogen and oxygen atoms in total. The number of rotatable bonds is 5. The number of hydrogen-bond acceptors (Lipinski definition) is 5. The number of aliphatic hydroxyl groups excluding tert-OH is 1. The Morgan fingerprint density at radius 3 is 2.78 bits per heavy atom. The molecule has 0 amide bonds. The zero-order valence-electron chi connectivity index (χ0n) is 15.8. The van der Waals surface area contributed by atoms with Crippen molar-refractivity contribution in [3.63, 3.8) is 0 Å². The largest absolute Gasteiger partial charge is 0.487 e. The molecule has 1 aromatic carbocycles. The fourth-order valence-electron chi connectivity index (χ4n) is 6.03. The highest BCUT2D eigenvalue weighted by Crippen LogP contribution is 2.61. The molecular weight excluding hydrogens is 366 g/mol. The van der Waals surface area contributed by atoms with Crippen molar-refractivity contribution in [1.82, 2.24) is 0 Å². The number of nitrogens with two attached hydrogens (primary N) is 1. The van der Waals surface area contributed by atoms with Crippen LogP contribution in [0.2, 0.25) is 0 Å². The van der Waals surface area contributed by atoms with Gasteiger partial charge in [-0.15, -0.1) is 0 Å². The standard InChI is InChI=1S/C20H29NO5S/c1-20-7-2-3-17(20)15-5-4-13-11-19(26-27(21,23)24)18(25-10-9-22)12-16(13)14(15)6-8-20/h11-12,14-15,17,22H,2-10H2,1H3,(H2,21,23,24)/t14?,15?,17?,20-/m0/s1. The molecule has 3 aliphatic rings. The summed E-state index contributed by atoms with van der Waals surface area (Å²) < 4.78 is 33.4. The van der Waals surface area contributed by atoms with Gasteiger partial charge in [-0.2, -0.15) is 13.6 Å². The third kappa shape index (κ3) is 3.57. The van der Waals surface area contributed by atoms with Gasteiger partial charge in [0.2, 0.25) is 0 Å². The molecule has 0 radical (unpaired) electrons. The van der Waals surface area contributed by atoms with Gasteiger partial charge in [0, 0.05) is 0 Å². The smallest absolute Gasteiger partial charge is 0.380 e. The van der Waals surface area contributed by atoms with Crippen molar-refractivity contribution in [2.24, 2.45) is 22.4 Å². The molecule has 2 fully saturated rings. The van der Waals surface area contributed by atoms with Crippen molar-refractivity contribution in [1.29, 1.82) is 0 Å². The lowest BCUT2D eigenvalue weighted by molar-refractivity contribution is 0.0597. The lowest BCUT2D eigenvalue weighted by Gasteiger charge is -2.49. The van der Waals surface area contributed by atoms with Gasteiger partial charge in [0.1, 0.15) is 6.61 Å². The van der Waals surface area contributed by atoms with Crippen LogP contribution in [0.4, 0.5) is 0 Å². The molecule has 1 aromatic rings. The van der Waals surface area contributed by atoms with E-state index in [-0.39, 0.29) is 19.0 Å². The molecule has 2 saturated carbocycles. The summed E-state index contributed by atoms with van der Waals surface area (Å²) in [6, 6.07) is 3.70. The minimum atomic E-state index is -4.14. The zero-order valence-corrected chi connectivity index (χ0v) is 16.6. The predicted molar refractivity (Wildman–Crippen MR) is 102 cm³/mol. The van der Waals surface area contributed by atoms with Crippen LogP contribution in [-0.4, -0.2) is 26.7 Å². The van der Waals surface area contributed by atoms with Gasteiger partial charge in [0.05, 0.1) is 6.61 Å². The first kappa shape index (κ1) is 19.0. The fourth-order valence-corrected chi connectivity index (χ4v) is 6.41. The van der Waals surface area contributed by atoms with Crippen LogP contribution in [0.1, 0.15) is 62.5 Å². The highest BCUT2D eigenvalue weighted by molar-refractivity contribution is 7.84. The molecule has 0 heterocycles. The van der Waals surface area contributed by atoms with Crippen molar-refractivity contribution in [3.05, 3.63) is 23.3 Å². The summed E-state index contributed by atoms with van der Waals surface area (Å²) in [5, 5.41) is 14.2. The third-order valence-electron chi connectivity index (χ3n) is 7.13. The Bertz CT molecular complexity index is 824. The molecule has 0 bridgehead atoms. The quantitative estimate of drug-likeness (QED) is 0.799. The second kappa shape index (κ2) is 6.94. The maximum atomic E-state index is 11.4. The van der Waals surface area contributed by atoms with E-state index in [4.69, 9.17) is 19.2 Å². The molecule has 4 rings (SSSR count). The monoisotopic (exact) mass is 395 g/mol. The third-order valence-corrected chi connectivity index (χ3v) is 7.54. The van der Waals surface area contributed by atoms with E-state index in [1.807, 2.05) is 6.07 Å². The summed E-state index contributed by atoms with van der Waals surface area (Å²) in [6.45, 7) is 2.39. The van der Waals surface area contributed by atoms with Crippen LogP contribution in [0.5, 0.6) is 11.5 Å². The Hall–Kier alpha value is -1.31. The lowest BCUT2D eigenvalue weighted by atomic mass is 9.56. The number of aliphatic hydroxyl groups is 1. The molecule has 0 spiro atoms. The minimum absolute atomic E-state index is 0.0779. The van der Waals surface area contributed by atoms with Gasteiger partial charge in [0.25, 0.3) is 0 Å². The van der Waals surface area contributed by atoms with Crippen LogP contribution in [0.25, 0.3) is 0 Å². The Labute approximate surface area is 161 Å². The number of fused-ring (bicyclic) bond motifs is 5. The Morgan fingerprint density at radius 2 is 2.04 bits per heavy atom. The van der Waals surface area contributed by atoms with E-state index in [1.54, 1.807) is 6.07 Å². The number of benzene rings is 1. The highest BCUT2D eigenvalue weighted by Gasteiger charge is 2.50. The molecule has 3 aliphatic carbocycles. The van der Waals surface area contributed by atoms with E-state index in [9.17, 15) is 8.42 Å². The molecule has 3 unspecified atom stereocenters. The molecule has 4 atom stereocenters. The first-order valence-electron chi connectivity index (χ1n) is 9.93. The van der Waals surface area contributed by atoms with E-state index in [0.717, 1.165) is 24.3 Å². The van der Waals surface area contributed by atoms with E-state index < -0.39 is 10.3 Å². The van der Waals surface area contributed by atoms with Crippen LogP contribution >= 0.6 is 0 Å². The van der Waals surface area contributed by atoms with Gasteiger partial charge in [-0.1, -0.05) is 13.3 Å². The molecule has 0 aliphatic heterocycles. The van der Waals surface area contributed by atoms with Crippen LogP contribution in [0.15, 0.2) is 12.1 Å². The first-order valence-corrected chi connectivity index (χ1v) is 11.4. The van der Waals surface area contributed by atoms with E-state index in [1.165, 1.54) is 37.7 Å². The second-order valence-corrected chi connectivity index (χ2v) is 9.80. The maximum Gasteiger partial charge on any atom is 0.380 e. The molecule has 27 heavy (non-hydrogen) atoms. The van der Waals surface area contributed by atoms with Crippen LogP contribution in [0.3, 0.4) is 0 Å². The van der Waals surface area contributed by atoms with E-state index >= 15 is 0 Å². The lowest BCUT2D eigenvalue weighted by Crippen LogP contribution is -2.39. The van der Waals surface area contributed by atoms with Crippen molar-refractivity contribution in [2.45, 2.75) is 57.8 Å². The summed E-state index contributed by atoms with van der Waals surface area (Å²) in [7, 11) is -4.14. The number of aryl methyl sites for hydroxylation is 1. The Kier molecular flexibility index (Phi) is 4.89. The molecular formula is C20H29NO5S. The van der Waals surface area contributed by atoms with Gasteiger partial charge in [-0.3, -0.25) is 0 Å². The predicted octanol–water partition coefficient (Wildman–Crippen LogP) is 2.89. The van der Waals surface area contributed by atoms with Gasteiger partial charge in [-0.05, 0) is 85.0 Å². The summed E-state index contributed by atoms with van der Waals surface area (Å²) >= 11 is 0. The van der Waals surface area contributed by atoms with Crippen molar-refractivity contribution >= 4 is 10.3 Å². The van der Waals surface area contributed by atoms with Gasteiger partial charge in [-0.25, -0.2) is 0 Å². The average Bonchev–Trinajstić information content (AvgIpc) is 3.00. The fraction of sp³-hybridized carbons (Fsp3) is 0.700. The summed E-state index contributed by atoms with van der Waals surface area (Å²) in [4.78, 5) is 0. The molecule has 0 saturated heterocycles. The molecule has 150 valence electrons. The zero-order chi connectivity index (χ0) is 19.2. The second-order valence-electron chi connectivity index (χ2n) is 8.65. The van der Waals surface area contributed by atoms with Gasteiger partial charge < -0.3 is 14.0 Å². The number of hydrogen-bond donors (Lipinski definition) is 2. The van der Waals surface area contributed by atoms with Crippen molar-refractivity contribution < 1.29 is 22.4 Å². The van der Waals surface area contributed by atoms with E-state index in [0.29, 0.717) is 23.0 Å². The highest BCUT2D eigenvalue weighted by atomic mass is 32.2. The van der Waals surface area contributed by atoms with Gasteiger partial charge >= 0.3 is 10.3 Å². The average molecular weight is 396 g/mol. The SMILES string of the molecule is C[C@@]12CCCC1C1CCc3cc(OS(N)(=O)=O)c(OCCO)cc3C1CC2. The maximum absolute atomic E-state index is 11.4. The molecule has 0 aromatic heterocycles. The van der Waals surface area contributed by atoms with Crippen LogP contribution < -0.4 is 14.1 Å². The summed E-state index contributed by atoms with van der Waals surface area (Å²) in [6.07, 6.45) is 8.49. The Morgan fingerprint density at radius 1 is 1.22 bits per heavy atom. The first-order chi connectivity index (χ1) is 12.8. The minimum Gasteiger partial charge on any atom is -0.487 e. The summed E-state index contributed by atoms with van der Waals surface area (Å²) in [5.41, 5.74) is 2.88. The van der Waals surface area contributed by atoms with Crippen molar-refractivity contribution in [2.75, 3.05) is 13.2 Å². The van der Waals surface area contributed by atoms with Crippen LogP contribution in [-0.2, 0) is 16.7 Å². The number of ether oxygens (including phenoxy) is 1. The van der Waals surface area contributed by atoms with Gasteiger partial charge in [0.15, 0.2) is 11.5 Å². The Balaban J connectivity index is 1.70.